The van der Waals surface area contributed by atoms with Gasteiger partial charge in [0.05, 0.1) is 0 Å². The number of hydrogen-bond acceptors (Lipinski definition) is 4. The second-order valence-corrected chi connectivity index (χ2v) is 7.00. The number of allylic oxidation sites excluding steroid dienone is 1. The molecule has 7 heteroatoms. The highest BCUT2D eigenvalue weighted by molar-refractivity contribution is 5.98. The monoisotopic (exact) mass is 401 g/mol. The summed E-state index contributed by atoms with van der Waals surface area (Å²) in [4.78, 5) is 36.6. The van der Waals surface area contributed by atoms with Gasteiger partial charge in [-0.2, -0.15) is 0 Å². The number of rotatable bonds is 11. The summed E-state index contributed by atoms with van der Waals surface area (Å²) in [5.74, 6) is -1.00. The molecule has 0 radical (unpaired) electrons. The highest BCUT2D eigenvalue weighted by Gasteiger charge is 2.27. The molecule has 0 spiro atoms. The fraction of sp³-hybridized carbons (Fsp3) is 0.409. The van der Waals surface area contributed by atoms with Gasteiger partial charge in [-0.25, -0.2) is 4.79 Å². The van der Waals surface area contributed by atoms with Crippen LogP contribution in [0.5, 0.6) is 0 Å². The van der Waals surface area contributed by atoms with E-state index in [1.54, 1.807) is 20.8 Å². The zero-order valence-corrected chi connectivity index (χ0v) is 17.4. The van der Waals surface area contributed by atoms with Gasteiger partial charge in [-0.1, -0.05) is 44.7 Å². The van der Waals surface area contributed by atoms with Crippen molar-refractivity contribution in [2.24, 2.45) is 5.92 Å². The Balaban J connectivity index is 2.62. The van der Waals surface area contributed by atoms with E-state index < -0.39 is 24.1 Å². The number of benzene rings is 1. The average Bonchev–Trinajstić information content (AvgIpc) is 2.69. The van der Waals surface area contributed by atoms with Gasteiger partial charge in [-0.05, 0) is 43.4 Å². The van der Waals surface area contributed by atoms with Gasteiger partial charge in [-0.15, -0.1) is 6.58 Å². The summed E-state index contributed by atoms with van der Waals surface area (Å²) >= 11 is 0. The molecule has 3 N–H and O–H groups in total. The molecule has 158 valence electrons. The molecule has 2 atom stereocenters. The first kappa shape index (κ1) is 23.9. The third kappa shape index (κ3) is 8.64. The van der Waals surface area contributed by atoms with Crippen molar-refractivity contribution in [1.29, 1.82) is 0 Å². The van der Waals surface area contributed by atoms with Crippen LogP contribution in [0.2, 0.25) is 0 Å². The van der Waals surface area contributed by atoms with Crippen LogP contribution in [-0.2, 0) is 20.7 Å². The van der Waals surface area contributed by atoms with Crippen molar-refractivity contribution in [3.8, 4) is 0 Å². The van der Waals surface area contributed by atoms with E-state index in [9.17, 15) is 14.4 Å². The van der Waals surface area contributed by atoms with E-state index in [0.29, 0.717) is 5.69 Å². The van der Waals surface area contributed by atoms with Crippen LogP contribution >= 0.6 is 0 Å². The molecule has 0 bridgehead atoms. The van der Waals surface area contributed by atoms with Crippen molar-refractivity contribution < 1.29 is 19.1 Å². The standard InChI is InChI=1S/C22H31N3O4/c1-6-8-9-17-10-12-18(13-11-17)24-20(26)16(5)23-21(27)19(15(3)4)25-22(28)29-14-7-2/h6-7,10-13,15-16,19H,1-2,8-9,14H2,3-5H3,(H,23,27)(H,24,26)(H,25,28). The maximum absolute atomic E-state index is 12.5. The summed E-state index contributed by atoms with van der Waals surface area (Å²) in [5, 5.41) is 7.91. The zero-order valence-electron chi connectivity index (χ0n) is 17.4. The number of hydrogen-bond donors (Lipinski definition) is 3. The van der Waals surface area contributed by atoms with Crippen molar-refractivity contribution in [3.05, 3.63) is 55.1 Å². The van der Waals surface area contributed by atoms with E-state index in [-0.39, 0.29) is 18.4 Å². The molecule has 0 heterocycles. The minimum Gasteiger partial charge on any atom is -0.445 e. The molecule has 1 aromatic rings. The van der Waals surface area contributed by atoms with Crippen LogP contribution in [0, 0.1) is 5.92 Å². The molecule has 1 aromatic carbocycles. The molecular formula is C22H31N3O4. The number of ether oxygens (including phenoxy) is 1. The van der Waals surface area contributed by atoms with Crippen molar-refractivity contribution >= 4 is 23.6 Å². The van der Waals surface area contributed by atoms with Gasteiger partial charge in [-0.3, -0.25) is 9.59 Å². The molecule has 3 amide bonds. The Morgan fingerprint density at radius 3 is 2.21 bits per heavy atom. The van der Waals surface area contributed by atoms with Gasteiger partial charge >= 0.3 is 6.09 Å². The van der Waals surface area contributed by atoms with Gasteiger partial charge in [0.15, 0.2) is 0 Å². The van der Waals surface area contributed by atoms with Gasteiger partial charge < -0.3 is 20.7 Å². The molecule has 1 rings (SSSR count). The Kier molecular flexibility index (Phi) is 10.2. The van der Waals surface area contributed by atoms with E-state index in [2.05, 4.69) is 29.1 Å². The summed E-state index contributed by atoms with van der Waals surface area (Å²) in [6, 6.07) is 5.91. The molecule has 7 nitrogen and oxygen atoms in total. The third-order valence-electron chi connectivity index (χ3n) is 4.17. The maximum atomic E-state index is 12.5. The summed E-state index contributed by atoms with van der Waals surface area (Å²) < 4.78 is 4.85. The summed E-state index contributed by atoms with van der Waals surface area (Å²) in [6.45, 7) is 12.4. The Morgan fingerprint density at radius 2 is 1.66 bits per heavy atom. The zero-order chi connectivity index (χ0) is 21.8. The number of nitrogens with one attached hydrogen (secondary N) is 3. The lowest BCUT2D eigenvalue weighted by atomic mass is 10.0. The lowest BCUT2D eigenvalue weighted by Crippen LogP contribution is -2.53. The Bertz CT molecular complexity index is 713. The molecule has 0 aliphatic heterocycles. The molecule has 2 unspecified atom stereocenters. The van der Waals surface area contributed by atoms with Crippen molar-refractivity contribution in [2.45, 2.75) is 45.7 Å². The molecule has 0 saturated heterocycles. The first-order valence-corrected chi connectivity index (χ1v) is 9.63. The minimum atomic E-state index is -0.827. The molecule has 0 aliphatic carbocycles. The first-order chi connectivity index (χ1) is 13.8. The maximum Gasteiger partial charge on any atom is 0.408 e. The molecule has 0 aromatic heterocycles. The van der Waals surface area contributed by atoms with Crippen LogP contribution < -0.4 is 16.0 Å². The van der Waals surface area contributed by atoms with Crippen molar-refractivity contribution in [3.63, 3.8) is 0 Å². The van der Waals surface area contributed by atoms with Crippen molar-refractivity contribution in [2.75, 3.05) is 11.9 Å². The number of anilines is 1. The van der Waals surface area contributed by atoms with Gasteiger partial charge in [0.2, 0.25) is 11.8 Å². The number of carbonyl (C=O) groups excluding carboxylic acids is 3. The third-order valence-corrected chi connectivity index (χ3v) is 4.17. The number of alkyl carbamates (subject to hydrolysis) is 1. The SMILES string of the molecule is C=CCCc1ccc(NC(=O)C(C)NC(=O)C(NC(=O)OCC=C)C(C)C)cc1. The van der Waals surface area contributed by atoms with Crippen LogP contribution in [0.4, 0.5) is 10.5 Å². The van der Waals surface area contributed by atoms with Gasteiger partial charge in [0, 0.05) is 5.69 Å². The van der Waals surface area contributed by atoms with E-state index in [1.807, 2.05) is 30.3 Å². The van der Waals surface area contributed by atoms with E-state index in [0.717, 1.165) is 18.4 Å². The Labute approximate surface area is 172 Å². The number of carbonyl (C=O) groups is 3. The smallest absolute Gasteiger partial charge is 0.408 e. The molecule has 29 heavy (non-hydrogen) atoms. The van der Waals surface area contributed by atoms with E-state index in [4.69, 9.17) is 4.74 Å². The lowest BCUT2D eigenvalue weighted by Gasteiger charge is -2.23. The highest BCUT2D eigenvalue weighted by Crippen LogP contribution is 2.12. The molecule has 0 aliphatic rings. The van der Waals surface area contributed by atoms with Crippen molar-refractivity contribution in [1.82, 2.24) is 10.6 Å². The molecule has 0 saturated carbocycles. The Morgan fingerprint density at radius 1 is 1.00 bits per heavy atom. The average molecular weight is 402 g/mol. The molecule has 0 fully saturated rings. The predicted molar refractivity (Wildman–Crippen MR) is 115 cm³/mol. The van der Waals surface area contributed by atoms with E-state index >= 15 is 0 Å². The fourth-order valence-corrected chi connectivity index (χ4v) is 2.48. The van der Waals surface area contributed by atoms with Crippen LogP contribution in [0.3, 0.4) is 0 Å². The predicted octanol–water partition coefficient (Wildman–Crippen LogP) is 3.19. The van der Waals surface area contributed by atoms with Crippen LogP contribution in [0.25, 0.3) is 0 Å². The van der Waals surface area contributed by atoms with Crippen LogP contribution in [0.1, 0.15) is 32.8 Å². The summed E-state index contributed by atoms with van der Waals surface area (Å²) in [7, 11) is 0. The second-order valence-electron chi connectivity index (χ2n) is 7.00. The topological polar surface area (TPSA) is 96.5 Å². The minimum absolute atomic E-state index is 0.0451. The van der Waals surface area contributed by atoms with Crippen LogP contribution in [0.15, 0.2) is 49.6 Å². The molecular weight excluding hydrogens is 370 g/mol. The first-order valence-electron chi connectivity index (χ1n) is 9.63. The normalized spacial score (nSPS) is 12.4. The lowest BCUT2D eigenvalue weighted by molar-refractivity contribution is -0.128. The van der Waals surface area contributed by atoms with Crippen LogP contribution in [-0.4, -0.2) is 36.6 Å². The quantitative estimate of drug-likeness (QED) is 0.496. The summed E-state index contributed by atoms with van der Waals surface area (Å²) in [6.07, 6.45) is 4.36. The highest BCUT2D eigenvalue weighted by atomic mass is 16.5. The Hall–Kier alpha value is -3.09. The van der Waals surface area contributed by atoms with Gasteiger partial charge in [0.25, 0.3) is 0 Å². The summed E-state index contributed by atoms with van der Waals surface area (Å²) in [5.41, 5.74) is 1.79. The van der Waals surface area contributed by atoms with Gasteiger partial charge in [0.1, 0.15) is 18.7 Å². The largest absolute Gasteiger partial charge is 0.445 e. The van der Waals surface area contributed by atoms with E-state index in [1.165, 1.54) is 6.08 Å². The number of amides is 3. The number of aryl methyl sites for hydroxylation is 1. The fourth-order valence-electron chi connectivity index (χ4n) is 2.48. The second kappa shape index (κ2) is 12.4.